The normalized spacial score (nSPS) is 13.9. The van der Waals surface area contributed by atoms with E-state index in [9.17, 15) is 9.59 Å². The third-order valence-corrected chi connectivity index (χ3v) is 2.02. The summed E-state index contributed by atoms with van der Waals surface area (Å²) in [7, 11) is 0. The molecule has 1 aromatic rings. The summed E-state index contributed by atoms with van der Waals surface area (Å²) in [6, 6.07) is 4.97. The lowest BCUT2D eigenvalue weighted by Gasteiger charge is -2.17. The Kier molecular flexibility index (Phi) is 1.96. The Morgan fingerprint density at radius 3 is 3.00 bits per heavy atom. The van der Waals surface area contributed by atoms with Crippen LogP contribution in [0.3, 0.4) is 0 Å². The van der Waals surface area contributed by atoms with Crippen LogP contribution >= 0.6 is 0 Å². The Morgan fingerprint density at radius 2 is 2.29 bits per heavy atom. The van der Waals surface area contributed by atoms with E-state index in [1.54, 1.807) is 18.2 Å². The zero-order chi connectivity index (χ0) is 10.1. The van der Waals surface area contributed by atoms with Crippen LogP contribution in [-0.2, 0) is 11.3 Å². The zero-order valence-electron chi connectivity index (χ0n) is 7.37. The molecular formula is C10H8NO3. The fourth-order valence-electron chi connectivity index (χ4n) is 1.30. The molecule has 0 bridgehead atoms. The summed E-state index contributed by atoms with van der Waals surface area (Å²) in [4.78, 5) is 21.8. The van der Waals surface area contributed by atoms with Crippen LogP contribution in [0.1, 0.15) is 15.9 Å². The first-order valence-corrected chi connectivity index (χ1v) is 4.10. The highest BCUT2D eigenvalue weighted by Crippen LogP contribution is 2.22. The molecule has 0 unspecified atom stereocenters. The number of rotatable bonds is 1. The molecule has 0 spiro atoms. The number of amides is 1. The predicted octanol–water partition coefficient (Wildman–Crippen LogP) is 1.77. The minimum atomic E-state index is -0.466. The van der Waals surface area contributed by atoms with E-state index in [1.807, 2.05) is 0 Å². The molecule has 1 aliphatic rings. The number of ketones is 1. The Bertz CT molecular complexity index is 412. The lowest BCUT2D eigenvalue weighted by atomic mass is 10.1. The second-order valence-corrected chi connectivity index (χ2v) is 3.00. The van der Waals surface area contributed by atoms with Gasteiger partial charge in [-0.2, -0.15) is 0 Å². The van der Waals surface area contributed by atoms with Crippen molar-refractivity contribution < 1.29 is 14.3 Å². The summed E-state index contributed by atoms with van der Waals surface area (Å²) in [5, 5.41) is 2.53. The monoisotopic (exact) mass is 190 g/mol. The standard InChI is InChI=1S/C10H8NO3/c1-6(12)7-2-3-9-8(4-7)5-14-10(13)11-9/h2-4H,1,5H2,(H,11,13). The Labute approximate surface area is 80.9 Å². The maximum atomic E-state index is 11.0. The summed E-state index contributed by atoms with van der Waals surface area (Å²) < 4.78 is 4.76. The van der Waals surface area contributed by atoms with Gasteiger partial charge >= 0.3 is 6.09 Å². The largest absolute Gasteiger partial charge is 0.444 e. The number of cyclic esters (lactones) is 1. The highest BCUT2D eigenvalue weighted by Gasteiger charge is 2.16. The Morgan fingerprint density at radius 1 is 1.50 bits per heavy atom. The molecule has 1 N–H and O–H groups in total. The Hall–Kier alpha value is -1.84. The molecule has 1 amide bonds. The quantitative estimate of drug-likeness (QED) is 0.686. The van der Waals surface area contributed by atoms with Gasteiger partial charge in [0.2, 0.25) is 0 Å². The van der Waals surface area contributed by atoms with E-state index in [-0.39, 0.29) is 12.4 Å². The van der Waals surface area contributed by atoms with Crippen LogP contribution in [0.5, 0.6) is 0 Å². The third-order valence-electron chi connectivity index (χ3n) is 2.02. The van der Waals surface area contributed by atoms with Gasteiger partial charge < -0.3 is 4.74 Å². The fraction of sp³-hybridized carbons (Fsp3) is 0.100. The van der Waals surface area contributed by atoms with E-state index in [2.05, 4.69) is 12.2 Å². The maximum Gasteiger partial charge on any atom is 0.411 e. The molecular weight excluding hydrogens is 182 g/mol. The molecule has 1 radical (unpaired) electrons. The van der Waals surface area contributed by atoms with Gasteiger partial charge in [-0.1, -0.05) is 0 Å². The van der Waals surface area contributed by atoms with Crippen molar-refractivity contribution >= 4 is 17.6 Å². The number of benzene rings is 1. The van der Waals surface area contributed by atoms with Crippen molar-refractivity contribution in [2.75, 3.05) is 5.32 Å². The average Bonchev–Trinajstić information content (AvgIpc) is 2.16. The Balaban J connectivity index is 2.41. The summed E-state index contributed by atoms with van der Waals surface area (Å²) in [5.41, 5.74) is 1.99. The van der Waals surface area contributed by atoms with Crippen molar-refractivity contribution in [3.05, 3.63) is 36.2 Å². The van der Waals surface area contributed by atoms with Crippen LogP contribution in [0.4, 0.5) is 10.5 Å². The van der Waals surface area contributed by atoms with Gasteiger partial charge in [-0.05, 0) is 18.2 Å². The number of Topliss-reactive ketones (excluding diaryl/α,β-unsaturated/α-hetero) is 1. The minimum Gasteiger partial charge on any atom is -0.444 e. The number of fused-ring (bicyclic) bond motifs is 1. The van der Waals surface area contributed by atoms with Gasteiger partial charge in [-0.25, -0.2) is 4.79 Å². The van der Waals surface area contributed by atoms with E-state index in [0.717, 1.165) is 5.56 Å². The molecule has 2 rings (SSSR count). The number of carbonyl (C=O) groups excluding carboxylic acids is 2. The van der Waals surface area contributed by atoms with Crippen molar-refractivity contribution in [3.63, 3.8) is 0 Å². The van der Waals surface area contributed by atoms with E-state index in [1.165, 1.54) is 0 Å². The molecule has 4 heteroatoms. The third kappa shape index (κ3) is 1.46. The number of ether oxygens (including phenoxy) is 1. The number of anilines is 1. The predicted molar refractivity (Wildman–Crippen MR) is 49.9 cm³/mol. The van der Waals surface area contributed by atoms with Gasteiger partial charge in [0.25, 0.3) is 0 Å². The summed E-state index contributed by atoms with van der Waals surface area (Å²) >= 11 is 0. The van der Waals surface area contributed by atoms with E-state index in [4.69, 9.17) is 4.74 Å². The maximum absolute atomic E-state index is 11.0. The van der Waals surface area contributed by atoms with Gasteiger partial charge in [0, 0.05) is 18.1 Å². The fourth-order valence-corrected chi connectivity index (χ4v) is 1.30. The summed E-state index contributed by atoms with van der Waals surface area (Å²) in [6.07, 6.45) is -0.466. The molecule has 0 atom stereocenters. The van der Waals surface area contributed by atoms with Crippen LogP contribution in [-0.4, -0.2) is 11.9 Å². The van der Waals surface area contributed by atoms with Crippen LogP contribution in [0.15, 0.2) is 18.2 Å². The van der Waals surface area contributed by atoms with Crippen LogP contribution in [0, 0.1) is 6.92 Å². The molecule has 0 saturated heterocycles. The van der Waals surface area contributed by atoms with Crippen LogP contribution < -0.4 is 5.32 Å². The molecule has 1 aromatic carbocycles. The molecule has 0 fully saturated rings. The second-order valence-electron chi connectivity index (χ2n) is 3.00. The van der Waals surface area contributed by atoms with Crippen LogP contribution in [0.2, 0.25) is 0 Å². The second kappa shape index (κ2) is 3.14. The van der Waals surface area contributed by atoms with Crippen molar-refractivity contribution in [3.8, 4) is 0 Å². The molecule has 0 aromatic heterocycles. The SMILES string of the molecule is [CH2]C(=O)c1ccc2c(c1)COC(=O)N2. The van der Waals surface area contributed by atoms with E-state index >= 15 is 0 Å². The van der Waals surface area contributed by atoms with Gasteiger partial charge in [-0.15, -0.1) is 0 Å². The first kappa shape index (κ1) is 8.74. The van der Waals surface area contributed by atoms with Crippen LogP contribution in [0.25, 0.3) is 0 Å². The van der Waals surface area contributed by atoms with Crippen molar-refractivity contribution in [1.29, 1.82) is 0 Å². The molecule has 71 valence electrons. The van der Waals surface area contributed by atoms with Crippen molar-refractivity contribution in [2.45, 2.75) is 6.61 Å². The highest BCUT2D eigenvalue weighted by molar-refractivity contribution is 6.00. The summed E-state index contributed by atoms with van der Waals surface area (Å²) in [5.74, 6) is -0.246. The molecule has 0 saturated carbocycles. The van der Waals surface area contributed by atoms with Gasteiger partial charge in [0.05, 0.1) is 5.69 Å². The molecule has 1 heterocycles. The molecule has 1 aliphatic heterocycles. The van der Waals surface area contributed by atoms with Crippen molar-refractivity contribution in [2.24, 2.45) is 0 Å². The first-order valence-electron chi connectivity index (χ1n) is 4.10. The molecule has 14 heavy (non-hydrogen) atoms. The zero-order valence-corrected chi connectivity index (χ0v) is 7.37. The number of hydrogen-bond donors (Lipinski definition) is 1. The van der Waals surface area contributed by atoms with Gasteiger partial charge in [0.1, 0.15) is 6.61 Å². The smallest absolute Gasteiger partial charge is 0.411 e. The average molecular weight is 190 g/mol. The van der Waals surface area contributed by atoms with Crippen molar-refractivity contribution in [1.82, 2.24) is 0 Å². The van der Waals surface area contributed by atoms with Gasteiger partial charge in [-0.3, -0.25) is 10.1 Å². The topological polar surface area (TPSA) is 55.4 Å². The molecule has 0 aliphatic carbocycles. The van der Waals surface area contributed by atoms with E-state index < -0.39 is 6.09 Å². The number of carbonyl (C=O) groups is 2. The lowest BCUT2D eigenvalue weighted by molar-refractivity contribution is 0.104. The number of nitrogens with one attached hydrogen (secondary N) is 1. The van der Waals surface area contributed by atoms with E-state index in [0.29, 0.717) is 11.3 Å². The molecule has 4 nitrogen and oxygen atoms in total. The minimum absolute atomic E-state index is 0.197. The number of hydrogen-bond acceptors (Lipinski definition) is 3. The summed E-state index contributed by atoms with van der Waals surface area (Å²) in [6.45, 7) is 3.50. The van der Waals surface area contributed by atoms with Gasteiger partial charge in [0.15, 0.2) is 5.78 Å². The lowest BCUT2D eigenvalue weighted by Crippen LogP contribution is -2.20. The highest BCUT2D eigenvalue weighted by atomic mass is 16.5. The first-order chi connectivity index (χ1) is 6.66.